The van der Waals surface area contributed by atoms with E-state index in [4.69, 9.17) is 0 Å². The molecule has 0 saturated heterocycles. The Balaban J connectivity index is 1.04. The number of rotatable bonds is 5. The van der Waals surface area contributed by atoms with E-state index in [-0.39, 0.29) is 0 Å². The molecule has 0 unspecified atom stereocenters. The molecular weight excluding hydrogens is 645 g/mol. The van der Waals surface area contributed by atoms with Gasteiger partial charge in [-0.25, -0.2) is 0 Å². The van der Waals surface area contributed by atoms with Crippen LogP contribution in [0.4, 0.5) is 0 Å². The summed E-state index contributed by atoms with van der Waals surface area (Å²) < 4.78 is 4.83. The van der Waals surface area contributed by atoms with E-state index >= 15 is 0 Å². The lowest BCUT2D eigenvalue weighted by molar-refractivity contribution is 1.18. The summed E-state index contributed by atoms with van der Waals surface area (Å²) in [6, 6.07) is 53.8. The number of thiophene rings is 2. The van der Waals surface area contributed by atoms with Gasteiger partial charge in [0.1, 0.15) is 0 Å². The summed E-state index contributed by atoms with van der Waals surface area (Å²) >= 11 is 3.62. The number of hydrogen-bond acceptors (Lipinski definition) is 2. The first kappa shape index (κ1) is 29.3. The standard InChI is InChI=1S/C46H32N2S2/c1-29-23-25-49-45(29)33-15-21-39-37-7-3-5-9-41(37)47(43(39)27-33)35-17-11-31(12-18-35)32-13-19-36(20-14-32)48-42-10-6-4-8-38(42)40-22-16-34(28-44(40)48)46-30(2)24-26-50-46/h3-28H,1-2H3. The van der Waals surface area contributed by atoms with E-state index in [9.17, 15) is 0 Å². The van der Waals surface area contributed by atoms with Gasteiger partial charge >= 0.3 is 0 Å². The molecule has 0 aliphatic carbocycles. The topological polar surface area (TPSA) is 9.86 Å². The Morgan fingerprint density at radius 3 is 1.14 bits per heavy atom. The molecule has 0 N–H and O–H groups in total. The molecule has 0 atom stereocenters. The first-order valence-corrected chi connectivity index (χ1v) is 18.7. The summed E-state index contributed by atoms with van der Waals surface area (Å²) in [6.45, 7) is 4.39. The lowest BCUT2D eigenvalue weighted by Gasteiger charge is -2.12. The summed E-state index contributed by atoms with van der Waals surface area (Å²) in [4.78, 5) is 2.67. The van der Waals surface area contributed by atoms with E-state index in [1.807, 2.05) is 22.7 Å². The van der Waals surface area contributed by atoms with Crippen LogP contribution < -0.4 is 0 Å². The zero-order valence-electron chi connectivity index (χ0n) is 27.7. The molecule has 0 aliphatic heterocycles. The van der Waals surface area contributed by atoms with Crippen LogP contribution in [0.25, 0.3) is 87.0 Å². The molecule has 10 aromatic rings. The summed E-state index contributed by atoms with van der Waals surface area (Å²) in [7, 11) is 0. The highest BCUT2D eigenvalue weighted by atomic mass is 32.1. The van der Waals surface area contributed by atoms with E-state index in [0.717, 1.165) is 0 Å². The van der Waals surface area contributed by atoms with Gasteiger partial charge in [-0.1, -0.05) is 84.9 Å². The highest BCUT2D eigenvalue weighted by molar-refractivity contribution is 7.14. The smallest absolute Gasteiger partial charge is 0.0547 e. The maximum Gasteiger partial charge on any atom is 0.0547 e. The molecule has 0 bridgehead atoms. The van der Waals surface area contributed by atoms with Crippen molar-refractivity contribution in [1.82, 2.24) is 9.13 Å². The van der Waals surface area contributed by atoms with Gasteiger partial charge in [0.25, 0.3) is 0 Å². The van der Waals surface area contributed by atoms with Crippen molar-refractivity contribution in [3.8, 4) is 43.4 Å². The molecule has 4 heteroatoms. The van der Waals surface area contributed by atoms with E-state index in [1.165, 1.54) is 98.1 Å². The van der Waals surface area contributed by atoms with Gasteiger partial charge in [0.15, 0.2) is 0 Å². The molecule has 0 spiro atoms. The third-order valence-electron chi connectivity index (χ3n) is 10.2. The van der Waals surface area contributed by atoms with Crippen LogP contribution in [0, 0.1) is 13.8 Å². The van der Waals surface area contributed by atoms with Crippen molar-refractivity contribution in [2.75, 3.05) is 0 Å². The summed E-state index contributed by atoms with van der Waals surface area (Å²) in [5.74, 6) is 0. The molecule has 4 aromatic heterocycles. The molecule has 0 amide bonds. The zero-order chi connectivity index (χ0) is 33.3. The van der Waals surface area contributed by atoms with Gasteiger partial charge in [-0.15, -0.1) is 22.7 Å². The van der Waals surface area contributed by atoms with Gasteiger partial charge in [0.2, 0.25) is 0 Å². The van der Waals surface area contributed by atoms with Gasteiger partial charge in [-0.05, 0) is 119 Å². The predicted molar refractivity (Wildman–Crippen MR) is 217 cm³/mol. The van der Waals surface area contributed by atoms with E-state index in [0.29, 0.717) is 0 Å². The van der Waals surface area contributed by atoms with Crippen molar-refractivity contribution >= 4 is 66.3 Å². The number of benzene rings is 6. The van der Waals surface area contributed by atoms with Crippen LogP contribution in [0.5, 0.6) is 0 Å². The fourth-order valence-electron chi connectivity index (χ4n) is 7.72. The van der Waals surface area contributed by atoms with Crippen LogP contribution in [-0.4, -0.2) is 9.13 Å². The Bertz CT molecular complexity index is 2680. The average Bonchev–Trinajstić information content (AvgIpc) is 3.94. The quantitative estimate of drug-likeness (QED) is 0.172. The Kier molecular flexibility index (Phi) is 6.70. The number of hydrogen-bond donors (Lipinski definition) is 0. The van der Waals surface area contributed by atoms with E-state index in [2.05, 4.69) is 179 Å². The minimum Gasteiger partial charge on any atom is -0.309 e. The molecule has 4 heterocycles. The third-order valence-corrected chi connectivity index (χ3v) is 12.3. The zero-order valence-corrected chi connectivity index (χ0v) is 29.4. The fourth-order valence-corrected chi connectivity index (χ4v) is 9.57. The summed E-state index contributed by atoms with van der Waals surface area (Å²) in [5.41, 5.74) is 14.8. The lowest BCUT2D eigenvalue weighted by atomic mass is 10.0. The highest BCUT2D eigenvalue weighted by Crippen LogP contribution is 2.39. The molecule has 0 fully saturated rings. The Hall–Kier alpha value is -5.68. The van der Waals surface area contributed by atoms with Crippen molar-refractivity contribution in [1.29, 1.82) is 0 Å². The van der Waals surface area contributed by atoms with Crippen LogP contribution in [0.15, 0.2) is 156 Å². The second kappa shape index (κ2) is 11.4. The summed E-state index contributed by atoms with van der Waals surface area (Å²) in [6.07, 6.45) is 0. The van der Waals surface area contributed by atoms with Gasteiger partial charge < -0.3 is 9.13 Å². The van der Waals surface area contributed by atoms with Gasteiger partial charge in [-0.3, -0.25) is 0 Å². The molecule has 238 valence electrons. The first-order chi connectivity index (χ1) is 24.6. The molecule has 10 rings (SSSR count). The van der Waals surface area contributed by atoms with Crippen LogP contribution in [0.1, 0.15) is 11.1 Å². The van der Waals surface area contributed by atoms with Gasteiger partial charge in [0, 0.05) is 42.7 Å². The number of aromatic nitrogens is 2. The van der Waals surface area contributed by atoms with Crippen molar-refractivity contribution in [3.05, 3.63) is 167 Å². The first-order valence-electron chi connectivity index (χ1n) is 17.0. The van der Waals surface area contributed by atoms with Crippen LogP contribution in [0.3, 0.4) is 0 Å². The number of fused-ring (bicyclic) bond motifs is 6. The molecular formula is C46H32N2S2. The molecule has 6 aromatic carbocycles. The molecule has 0 aliphatic rings. The minimum atomic E-state index is 1.17. The number of nitrogens with zero attached hydrogens (tertiary/aromatic N) is 2. The normalized spacial score (nSPS) is 11.8. The van der Waals surface area contributed by atoms with Crippen molar-refractivity contribution in [3.63, 3.8) is 0 Å². The number of para-hydroxylation sites is 2. The monoisotopic (exact) mass is 676 g/mol. The maximum absolute atomic E-state index is 2.41. The van der Waals surface area contributed by atoms with Crippen LogP contribution in [-0.2, 0) is 0 Å². The minimum absolute atomic E-state index is 1.17. The fraction of sp³-hybridized carbons (Fsp3) is 0.0435. The van der Waals surface area contributed by atoms with Crippen LogP contribution in [0.2, 0.25) is 0 Å². The molecule has 0 radical (unpaired) electrons. The van der Waals surface area contributed by atoms with Crippen molar-refractivity contribution < 1.29 is 0 Å². The Morgan fingerprint density at radius 1 is 0.360 bits per heavy atom. The van der Waals surface area contributed by atoms with Gasteiger partial charge in [0.05, 0.1) is 22.1 Å². The Morgan fingerprint density at radius 2 is 0.740 bits per heavy atom. The van der Waals surface area contributed by atoms with E-state index in [1.54, 1.807) is 0 Å². The molecule has 2 nitrogen and oxygen atoms in total. The highest BCUT2D eigenvalue weighted by Gasteiger charge is 2.16. The van der Waals surface area contributed by atoms with Gasteiger partial charge in [-0.2, -0.15) is 0 Å². The maximum atomic E-state index is 2.41. The second-order valence-electron chi connectivity index (χ2n) is 13.1. The Labute approximate surface area is 298 Å². The van der Waals surface area contributed by atoms with Crippen molar-refractivity contribution in [2.24, 2.45) is 0 Å². The molecule has 0 saturated carbocycles. The third kappa shape index (κ3) is 4.53. The predicted octanol–water partition coefficient (Wildman–Crippen LogP) is 13.6. The van der Waals surface area contributed by atoms with Crippen LogP contribution >= 0.6 is 22.7 Å². The molecule has 50 heavy (non-hydrogen) atoms. The largest absolute Gasteiger partial charge is 0.309 e. The second-order valence-corrected chi connectivity index (χ2v) is 15.0. The van der Waals surface area contributed by atoms with Crippen molar-refractivity contribution in [2.45, 2.75) is 13.8 Å². The SMILES string of the molecule is Cc1ccsc1-c1ccc2c3ccccc3n(-c3ccc(-c4ccc(-n5c6ccccc6c6ccc(-c7sccc7C)cc65)cc4)cc3)c2c1. The van der Waals surface area contributed by atoms with E-state index < -0.39 is 0 Å². The lowest BCUT2D eigenvalue weighted by Crippen LogP contribution is -1.95. The summed E-state index contributed by atoms with van der Waals surface area (Å²) in [5, 5.41) is 9.48. The number of aryl methyl sites for hydroxylation is 2. The average molecular weight is 677 g/mol.